The standard InChI is InChI=1S/C18H24N2O3/c1-12(2)6-8-20-15-5-4-14(17(20)21)10-19(11-15)18(22)16-7-9-23-13(16)3/h6-7,9,14-15H,4-5,8,10-11H2,1-3H3/t14-,15+/m0/s1. The lowest BCUT2D eigenvalue weighted by Crippen LogP contribution is -2.48. The van der Waals surface area contributed by atoms with Crippen LogP contribution in [0.25, 0.3) is 0 Å². The van der Waals surface area contributed by atoms with Gasteiger partial charge in [0.05, 0.1) is 17.7 Å². The van der Waals surface area contributed by atoms with Crippen LogP contribution in [0.3, 0.4) is 0 Å². The van der Waals surface area contributed by atoms with Gasteiger partial charge in [-0.05, 0) is 39.7 Å². The molecule has 1 aromatic heterocycles. The third-order valence-electron chi connectivity index (χ3n) is 4.87. The lowest BCUT2D eigenvalue weighted by Gasteiger charge is -2.35. The maximum absolute atomic E-state index is 12.8. The second-order valence-corrected chi connectivity index (χ2v) is 6.80. The summed E-state index contributed by atoms with van der Waals surface area (Å²) in [5.41, 5.74) is 1.81. The molecule has 3 aliphatic heterocycles. The average molecular weight is 316 g/mol. The van der Waals surface area contributed by atoms with E-state index in [4.69, 9.17) is 4.42 Å². The number of fused-ring (bicyclic) bond motifs is 4. The summed E-state index contributed by atoms with van der Waals surface area (Å²) in [5.74, 6) is 0.734. The number of hydrogen-bond donors (Lipinski definition) is 0. The number of amides is 2. The van der Waals surface area contributed by atoms with Crippen molar-refractivity contribution in [1.82, 2.24) is 9.80 Å². The molecule has 0 unspecified atom stereocenters. The molecule has 3 saturated heterocycles. The molecule has 0 N–H and O–H groups in total. The smallest absolute Gasteiger partial charge is 0.257 e. The molecule has 0 saturated carbocycles. The topological polar surface area (TPSA) is 53.8 Å². The van der Waals surface area contributed by atoms with Gasteiger partial charge in [0.1, 0.15) is 5.76 Å². The van der Waals surface area contributed by atoms with Gasteiger partial charge >= 0.3 is 0 Å². The van der Waals surface area contributed by atoms with Gasteiger partial charge in [-0.15, -0.1) is 0 Å². The molecule has 4 heterocycles. The fraction of sp³-hybridized carbons (Fsp3) is 0.556. The number of allylic oxidation sites excluding steroid dienone is 1. The number of furan rings is 1. The summed E-state index contributed by atoms with van der Waals surface area (Å²) in [4.78, 5) is 29.2. The number of piperidine rings is 1. The Labute approximate surface area is 136 Å². The third kappa shape index (κ3) is 3.05. The lowest BCUT2D eigenvalue weighted by atomic mass is 9.94. The summed E-state index contributed by atoms with van der Waals surface area (Å²) in [6.07, 6.45) is 5.48. The highest BCUT2D eigenvalue weighted by molar-refractivity contribution is 5.95. The normalized spacial score (nSPS) is 23.9. The molecular weight excluding hydrogens is 292 g/mol. The minimum absolute atomic E-state index is 0.0231. The van der Waals surface area contributed by atoms with Crippen LogP contribution >= 0.6 is 0 Å². The fourth-order valence-corrected chi connectivity index (χ4v) is 3.50. The first-order chi connectivity index (χ1) is 11.0. The van der Waals surface area contributed by atoms with E-state index in [1.54, 1.807) is 19.3 Å². The summed E-state index contributed by atoms with van der Waals surface area (Å²) in [6, 6.07) is 1.83. The van der Waals surface area contributed by atoms with Gasteiger partial charge < -0.3 is 14.2 Å². The number of rotatable bonds is 3. The number of carbonyl (C=O) groups is 2. The largest absolute Gasteiger partial charge is 0.469 e. The van der Waals surface area contributed by atoms with Crippen LogP contribution in [0.2, 0.25) is 0 Å². The summed E-state index contributed by atoms with van der Waals surface area (Å²) in [5, 5.41) is 0. The van der Waals surface area contributed by atoms with Gasteiger partial charge in [-0.1, -0.05) is 11.6 Å². The summed E-state index contributed by atoms with van der Waals surface area (Å²) >= 11 is 0. The van der Waals surface area contributed by atoms with Crippen molar-refractivity contribution in [2.45, 2.75) is 39.7 Å². The molecular formula is C18H24N2O3. The predicted octanol–water partition coefficient (Wildman–Crippen LogP) is 2.62. The Morgan fingerprint density at radius 2 is 2.13 bits per heavy atom. The van der Waals surface area contributed by atoms with E-state index in [0.717, 1.165) is 12.8 Å². The van der Waals surface area contributed by atoms with Gasteiger partial charge in [-0.3, -0.25) is 9.59 Å². The zero-order valence-corrected chi connectivity index (χ0v) is 14.0. The Kier molecular flexibility index (Phi) is 4.28. The molecule has 23 heavy (non-hydrogen) atoms. The quantitative estimate of drug-likeness (QED) is 0.806. The number of aryl methyl sites for hydroxylation is 1. The maximum Gasteiger partial charge on any atom is 0.257 e. The Bertz CT molecular complexity index is 642. The van der Waals surface area contributed by atoms with Crippen molar-refractivity contribution < 1.29 is 14.0 Å². The molecule has 5 nitrogen and oxygen atoms in total. The summed E-state index contributed by atoms with van der Waals surface area (Å²) in [7, 11) is 0. The highest BCUT2D eigenvalue weighted by Crippen LogP contribution is 2.30. The van der Waals surface area contributed by atoms with E-state index < -0.39 is 0 Å². The zero-order valence-electron chi connectivity index (χ0n) is 14.0. The minimum Gasteiger partial charge on any atom is -0.469 e. The van der Waals surface area contributed by atoms with E-state index in [1.165, 1.54) is 5.57 Å². The summed E-state index contributed by atoms with van der Waals surface area (Å²) in [6.45, 7) is 7.66. The molecule has 0 aromatic carbocycles. The molecule has 2 atom stereocenters. The molecule has 0 spiro atoms. The number of nitrogens with zero attached hydrogens (tertiary/aromatic N) is 2. The van der Waals surface area contributed by atoms with Crippen molar-refractivity contribution in [3.63, 3.8) is 0 Å². The molecule has 0 radical (unpaired) electrons. The van der Waals surface area contributed by atoms with Crippen LogP contribution in [0, 0.1) is 12.8 Å². The highest BCUT2D eigenvalue weighted by Gasteiger charge is 2.41. The molecule has 2 bridgehead atoms. The zero-order chi connectivity index (χ0) is 16.6. The second-order valence-electron chi connectivity index (χ2n) is 6.80. The van der Waals surface area contributed by atoms with Crippen LogP contribution in [0.5, 0.6) is 0 Å². The van der Waals surface area contributed by atoms with E-state index in [9.17, 15) is 9.59 Å². The molecule has 3 fully saturated rings. The van der Waals surface area contributed by atoms with Gasteiger partial charge in [-0.2, -0.15) is 0 Å². The number of hydrogen-bond acceptors (Lipinski definition) is 3. The minimum atomic E-state index is -0.0736. The van der Waals surface area contributed by atoms with E-state index in [0.29, 0.717) is 31.0 Å². The second kappa shape index (κ2) is 6.22. The van der Waals surface area contributed by atoms with Crippen molar-refractivity contribution >= 4 is 11.8 Å². The van der Waals surface area contributed by atoms with Gasteiger partial charge in [0, 0.05) is 25.7 Å². The van der Waals surface area contributed by atoms with Crippen LogP contribution in [0.1, 0.15) is 42.8 Å². The lowest BCUT2D eigenvalue weighted by molar-refractivity contribution is -0.139. The number of carbonyl (C=O) groups excluding carboxylic acids is 2. The van der Waals surface area contributed by atoms with Crippen molar-refractivity contribution in [2.24, 2.45) is 5.92 Å². The van der Waals surface area contributed by atoms with Gasteiger partial charge in [0.2, 0.25) is 5.91 Å². The first-order valence-corrected chi connectivity index (χ1v) is 8.24. The fourth-order valence-electron chi connectivity index (χ4n) is 3.50. The Balaban J connectivity index is 1.81. The molecule has 2 amide bonds. The molecule has 124 valence electrons. The van der Waals surface area contributed by atoms with Crippen molar-refractivity contribution in [2.75, 3.05) is 19.6 Å². The van der Waals surface area contributed by atoms with Crippen LogP contribution in [-0.2, 0) is 4.79 Å². The van der Waals surface area contributed by atoms with Crippen molar-refractivity contribution in [3.05, 3.63) is 35.3 Å². The van der Waals surface area contributed by atoms with E-state index >= 15 is 0 Å². The first-order valence-electron chi connectivity index (χ1n) is 8.24. The molecule has 4 rings (SSSR count). The van der Waals surface area contributed by atoms with E-state index in [2.05, 4.69) is 6.08 Å². The Morgan fingerprint density at radius 1 is 1.35 bits per heavy atom. The molecule has 5 heteroatoms. The van der Waals surface area contributed by atoms with Gasteiger partial charge in [-0.25, -0.2) is 0 Å². The average Bonchev–Trinajstić information content (AvgIpc) is 2.75. The van der Waals surface area contributed by atoms with Gasteiger partial charge in [0.25, 0.3) is 5.91 Å². The van der Waals surface area contributed by atoms with Crippen LogP contribution < -0.4 is 0 Å². The molecule has 1 aromatic rings. The highest BCUT2D eigenvalue weighted by atomic mass is 16.3. The van der Waals surface area contributed by atoms with E-state index in [-0.39, 0.29) is 23.8 Å². The first kappa shape index (κ1) is 15.8. The van der Waals surface area contributed by atoms with Crippen LogP contribution in [-0.4, -0.2) is 47.3 Å². The maximum atomic E-state index is 12.8. The Hall–Kier alpha value is -2.04. The predicted molar refractivity (Wildman–Crippen MR) is 87.0 cm³/mol. The van der Waals surface area contributed by atoms with Crippen LogP contribution in [0.4, 0.5) is 0 Å². The molecule has 3 aliphatic rings. The monoisotopic (exact) mass is 316 g/mol. The van der Waals surface area contributed by atoms with Crippen molar-refractivity contribution in [1.29, 1.82) is 0 Å². The van der Waals surface area contributed by atoms with Crippen LogP contribution in [0.15, 0.2) is 28.4 Å². The SMILES string of the molecule is CC(C)=CCN1C(=O)[C@H]2CC[C@@H]1CN(C(=O)c1ccoc1C)C2. The Morgan fingerprint density at radius 3 is 2.78 bits per heavy atom. The van der Waals surface area contributed by atoms with Gasteiger partial charge in [0.15, 0.2) is 0 Å². The van der Waals surface area contributed by atoms with E-state index in [1.807, 2.05) is 23.6 Å². The molecule has 0 aliphatic carbocycles. The summed E-state index contributed by atoms with van der Waals surface area (Å²) < 4.78 is 5.25. The van der Waals surface area contributed by atoms with Crippen molar-refractivity contribution in [3.8, 4) is 0 Å². The third-order valence-corrected chi connectivity index (χ3v) is 4.87.